The molecule has 13 heteroatoms. The minimum Gasteiger partial charge on any atom is -0.493 e. The summed E-state index contributed by atoms with van der Waals surface area (Å²) in [5.74, 6) is 2.39. The van der Waals surface area contributed by atoms with Crippen LogP contribution in [0.1, 0.15) is 16.7 Å². The zero-order valence-electron chi connectivity index (χ0n) is 23.0. The Morgan fingerprint density at radius 2 is 1.79 bits per heavy atom. The smallest absolute Gasteiger partial charge is 0.250 e. The fourth-order valence-corrected chi connectivity index (χ4v) is 4.74. The second kappa shape index (κ2) is 15.0. The fraction of sp³-hybridized carbons (Fsp3) is 0.241. The Hall–Kier alpha value is -3.64. The lowest BCUT2D eigenvalue weighted by molar-refractivity contribution is 0.122. The number of halogens is 3. The number of benzene rings is 3. The van der Waals surface area contributed by atoms with Crippen LogP contribution >= 0.6 is 39.9 Å². The highest BCUT2D eigenvalue weighted by atomic mass is 79.9. The average molecular weight is 675 g/mol. The normalized spacial score (nSPS) is 13.0. The lowest BCUT2D eigenvalue weighted by Crippen LogP contribution is -2.37. The molecule has 0 spiro atoms. The minimum absolute atomic E-state index is 0. The summed E-state index contributed by atoms with van der Waals surface area (Å²) in [5, 5.41) is 8.23. The van der Waals surface area contributed by atoms with Crippen molar-refractivity contribution in [1.29, 1.82) is 0 Å². The monoisotopic (exact) mass is 673 g/mol. The first-order valence-electron chi connectivity index (χ1n) is 12.9. The van der Waals surface area contributed by atoms with E-state index in [9.17, 15) is 0 Å². The van der Waals surface area contributed by atoms with Crippen LogP contribution in [0.5, 0.6) is 11.5 Å². The van der Waals surface area contributed by atoms with E-state index in [2.05, 4.69) is 46.7 Å². The molecule has 0 atom stereocenters. The molecule has 0 aliphatic carbocycles. The van der Waals surface area contributed by atoms with Gasteiger partial charge in [-0.25, -0.2) is 5.43 Å². The first-order valence-corrected chi connectivity index (χ1v) is 14.1. The lowest BCUT2D eigenvalue weighted by Gasteiger charge is -2.27. The second-order valence-corrected chi connectivity index (χ2v) is 10.4. The Morgan fingerprint density at radius 1 is 1.02 bits per heavy atom. The highest BCUT2D eigenvalue weighted by Gasteiger charge is 2.17. The van der Waals surface area contributed by atoms with Gasteiger partial charge in [-0.05, 0) is 69.9 Å². The molecule has 1 aromatic heterocycles. The average Bonchev–Trinajstić information content (AvgIpc) is 3.00. The summed E-state index contributed by atoms with van der Waals surface area (Å²) in [4.78, 5) is 15.8. The Balaban J connectivity index is 0.00000405. The molecular weight excluding hydrogens is 645 g/mol. The van der Waals surface area contributed by atoms with E-state index in [4.69, 9.17) is 25.8 Å². The lowest BCUT2D eigenvalue weighted by atomic mass is 10.2. The topological polar surface area (TPSA) is 106 Å². The molecule has 2 N–H and O–H groups in total. The van der Waals surface area contributed by atoms with Crippen molar-refractivity contribution >= 4 is 69.7 Å². The molecule has 1 aliphatic heterocycles. The Labute approximate surface area is 264 Å². The number of rotatable bonds is 10. The molecule has 0 bridgehead atoms. The van der Waals surface area contributed by atoms with E-state index in [1.165, 1.54) is 0 Å². The molecule has 10 nitrogen and oxygen atoms in total. The van der Waals surface area contributed by atoms with Gasteiger partial charge in [0.05, 0.1) is 32.2 Å². The molecule has 220 valence electrons. The Morgan fingerprint density at radius 3 is 2.55 bits per heavy atom. The van der Waals surface area contributed by atoms with Gasteiger partial charge in [0.1, 0.15) is 6.61 Å². The van der Waals surface area contributed by atoms with Gasteiger partial charge in [-0.2, -0.15) is 20.1 Å². The molecule has 1 aliphatic rings. The molecule has 0 saturated carbocycles. The largest absolute Gasteiger partial charge is 0.493 e. The molecular formula is C29H30BrCl2N7O3. The van der Waals surface area contributed by atoms with Crippen LogP contribution in [0.25, 0.3) is 0 Å². The number of methoxy groups -OCH3 is 1. The van der Waals surface area contributed by atoms with Gasteiger partial charge in [-0.1, -0.05) is 41.9 Å². The maximum atomic E-state index is 6.36. The molecule has 0 unspecified atom stereocenters. The van der Waals surface area contributed by atoms with E-state index in [0.717, 1.165) is 26.9 Å². The van der Waals surface area contributed by atoms with Gasteiger partial charge in [0.25, 0.3) is 0 Å². The number of nitrogens with one attached hydrogen (secondary N) is 2. The van der Waals surface area contributed by atoms with Crippen LogP contribution in [0.3, 0.4) is 0 Å². The van der Waals surface area contributed by atoms with Crippen molar-refractivity contribution in [1.82, 2.24) is 15.0 Å². The van der Waals surface area contributed by atoms with Crippen LogP contribution in [0.4, 0.5) is 23.5 Å². The van der Waals surface area contributed by atoms with Crippen molar-refractivity contribution in [2.75, 3.05) is 49.1 Å². The maximum absolute atomic E-state index is 6.36. The molecule has 4 aromatic rings. The summed E-state index contributed by atoms with van der Waals surface area (Å²) in [5.41, 5.74) is 6.50. The van der Waals surface area contributed by atoms with Gasteiger partial charge in [0, 0.05) is 22.6 Å². The van der Waals surface area contributed by atoms with Crippen LogP contribution in [0.2, 0.25) is 5.02 Å². The predicted molar refractivity (Wildman–Crippen MR) is 172 cm³/mol. The number of nitrogens with zero attached hydrogens (tertiary/aromatic N) is 5. The van der Waals surface area contributed by atoms with Crippen LogP contribution in [-0.2, 0) is 11.3 Å². The standard InChI is InChI=1S/C29H29BrClN7O3.ClH/c1-19-14-22(30)24(16-23(19)31)33-27-34-28(36-29(35-27)38-10-12-40-13-11-38)37-32-17-21-8-9-25(26(15-21)39-2)41-18-20-6-4-3-5-7-20;/h3-9,14-17H,10-13,18H2,1-2H3,(H2,33,34,35,36,37);1H. The summed E-state index contributed by atoms with van der Waals surface area (Å²) in [6, 6.07) is 19.3. The van der Waals surface area contributed by atoms with E-state index in [-0.39, 0.29) is 18.4 Å². The summed E-state index contributed by atoms with van der Waals surface area (Å²) in [7, 11) is 1.61. The third-order valence-electron chi connectivity index (χ3n) is 6.22. The highest BCUT2D eigenvalue weighted by Crippen LogP contribution is 2.31. The van der Waals surface area contributed by atoms with E-state index in [1.807, 2.05) is 72.5 Å². The van der Waals surface area contributed by atoms with E-state index >= 15 is 0 Å². The van der Waals surface area contributed by atoms with Gasteiger partial charge in [-0.3, -0.25) is 0 Å². The second-order valence-electron chi connectivity index (χ2n) is 9.14. The van der Waals surface area contributed by atoms with Crippen molar-refractivity contribution < 1.29 is 14.2 Å². The predicted octanol–water partition coefficient (Wildman–Crippen LogP) is 6.63. The molecule has 1 fully saturated rings. The first-order chi connectivity index (χ1) is 20.0. The van der Waals surface area contributed by atoms with E-state index in [1.54, 1.807) is 13.3 Å². The number of hydrogen-bond donors (Lipinski definition) is 2. The molecule has 5 rings (SSSR count). The SMILES string of the molecule is COc1cc(C=NNc2nc(Nc3cc(Cl)c(C)cc3Br)nc(N3CCOCC3)n2)ccc1OCc1ccccc1.Cl. The quantitative estimate of drug-likeness (QED) is 0.142. The van der Waals surface area contributed by atoms with Crippen molar-refractivity contribution in [3.8, 4) is 11.5 Å². The highest BCUT2D eigenvalue weighted by molar-refractivity contribution is 9.10. The zero-order valence-corrected chi connectivity index (χ0v) is 26.2. The number of morpholine rings is 1. The number of ether oxygens (including phenoxy) is 3. The molecule has 1 saturated heterocycles. The minimum atomic E-state index is 0. The third-order valence-corrected chi connectivity index (χ3v) is 7.28. The van der Waals surface area contributed by atoms with Gasteiger partial charge < -0.3 is 24.4 Å². The van der Waals surface area contributed by atoms with Crippen molar-refractivity contribution in [3.05, 3.63) is 86.8 Å². The summed E-state index contributed by atoms with van der Waals surface area (Å²) in [6.07, 6.45) is 1.66. The third kappa shape index (κ3) is 8.22. The summed E-state index contributed by atoms with van der Waals surface area (Å²) < 4.78 is 17.8. The van der Waals surface area contributed by atoms with Crippen molar-refractivity contribution in [3.63, 3.8) is 0 Å². The zero-order chi connectivity index (χ0) is 28.6. The van der Waals surface area contributed by atoms with Gasteiger partial charge in [0.15, 0.2) is 11.5 Å². The molecule has 3 aromatic carbocycles. The van der Waals surface area contributed by atoms with Crippen molar-refractivity contribution in [2.24, 2.45) is 5.10 Å². The van der Waals surface area contributed by atoms with Gasteiger partial charge in [-0.15, -0.1) is 12.4 Å². The maximum Gasteiger partial charge on any atom is 0.250 e. The Bertz CT molecular complexity index is 1520. The molecule has 0 amide bonds. The van der Waals surface area contributed by atoms with E-state index < -0.39 is 0 Å². The van der Waals surface area contributed by atoms with E-state index in [0.29, 0.717) is 61.3 Å². The number of aryl methyl sites for hydroxylation is 1. The number of hydrogen-bond acceptors (Lipinski definition) is 10. The van der Waals surface area contributed by atoms with Crippen LogP contribution in [0, 0.1) is 6.92 Å². The van der Waals surface area contributed by atoms with Crippen LogP contribution in [-0.4, -0.2) is 54.6 Å². The number of aromatic nitrogens is 3. The van der Waals surface area contributed by atoms with Gasteiger partial charge >= 0.3 is 0 Å². The fourth-order valence-electron chi connectivity index (χ4n) is 4.02. The molecule has 42 heavy (non-hydrogen) atoms. The van der Waals surface area contributed by atoms with Crippen LogP contribution < -0.4 is 25.1 Å². The number of hydrazone groups is 1. The number of anilines is 4. The summed E-state index contributed by atoms with van der Waals surface area (Å²) in [6.45, 7) is 4.92. The van der Waals surface area contributed by atoms with Crippen LogP contribution in [0.15, 0.2) is 70.2 Å². The first kappa shape index (κ1) is 31.3. The Kier molecular flexibility index (Phi) is 11.2. The molecule has 0 radical (unpaired) electrons. The van der Waals surface area contributed by atoms with Crippen molar-refractivity contribution in [2.45, 2.75) is 13.5 Å². The summed E-state index contributed by atoms with van der Waals surface area (Å²) >= 11 is 9.94. The molecule has 2 heterocycles. The van der Waals surface area contributed by atoms with Gasteiger partial charge in [0.2, 0.25) is 17.8 Å².